The fraction of sp³-hybridized carbons (Fsp3) is 0.118. The molecule has 0 spiro atoms. The maximum Gasteiger partial charge on any atom is 0.254 e. The summed E-state index contributed by atoms with van der Waals surface area (Å²) in [6, 6.07) is 14.1. The highest BCUT2D eigenvalue weighted by molar-refractivity contribution is 5.99. The van der Waals surface area contributed by atoms with Gasteiger partial charge in [0.25, 0.3) is 5.91 Å². The van der Waals surface area contributed by atoms with Crippen molar-refractivity contribution in [3.8, 4) is 11.1 Å². The molecule has 3 aromatic rings. The van der Waals surface area contributed by atoms with Gasteiger partial charge in [-0.05, 0) is 41.0 Å². The summed E-state index contributed by atoms with van der Waals surface area (Å²) in [7, 11) is 1.83. The molecule has 0 fully saturated rings. The van der Waals surface area contributed by atoms with Crippen molar-refractivity contribution < 1.29 is 9.21 Å². The first-order chi connectivity index (χ1) is 9.72. The fourth-order valence-corrected chi connectivity index (χ4v) is 2.77. The topological polar surface area (TPSA) is 33.5 Å². The molecule has 0 atom stereocenters. The molecule has 20 heavy (non-hydrogen) atoms. The number of fused-ring (bicyclic) bond motifs is 2. The largest absolute Gasteiger partial charge is 0.464 e. The third-order valence-electron chi connectivity index (χ3n) is 3.88. The molecule has 0 saturated heterocycles. The number of rotatable bonds is 1. The van der Waals surface area contributed by atoms with Crippen molar-refractivity contribution in [1.29, 1.82) is 0 Å². The van der Waals surface area contributed by atoms with Gasteiger partial charge < -0.3 is 9.32 Å². The summed E-state index contributed by atoms with van der Waals surface area (Å²) in [6.45, 7) is 0.704. The van der Waals surface area contributed by atoms with Crippen LogP contribution in [0, 0.1) is 0 Å². The number of carbonyl (C=O) groups excluding carboxylic acids is 1. The van der Waals surface area contributed by atoms with Crippen LogP contribution in [0.2, 0.25) is 0 Å². The summed E-state index contributed by atoms with van der Waals surface area (Å²) in [5.41, 5.74) is 4.97. The molecule has 1 aliphatic heterocycles. The van der Waals surface area contributed by atoms with Gasteiger partial charge in [0.2, 0.25) is 0 Å². The Kier molecular flexibility index (Phi) is 2.24. The lowest BCUT2D eigenvalue weighted by atomic mass is 9.99. The van der Waals surface area contributed by atoms with E-state index in [-0.39, 0.29) is 5.91 Å². The Morgan fingerprint density at radius 2 is 1.85 bits per heavy atom. The van der Waals surface area contributed by atoms with Crippen LogP contribution in [0.4, 0.5) is 0 Å². The molecule has 1 aliphatic rings. The van der Waals surface area contributed by atoms with E-state index in [9.17, 15) is 4.79 Å². The van der Waals surface area contributed by atoms with Crippen molar-refractivity contribution in [2.24, 2.45) is 0 Å². The molecule has 0 N–H and O–H groups in total. The van der Waals surface area contributed by atoms with Crippen LogP contribution in [0.1, 0.15) is 15.9 Å². The molecule has 4 rings (SSSR count). The van der Waals surface area contributed by atoms with Crippen LogP contribution in [0.25, 0.3) is 22.1 Å². The molecule has 3 heteroatoms. The van der Waals surface area contributed by atoms with E-state index in [0.717, 1.165) is 33.2 Å². The van der Waals surface area contributed by atoms with E-state index in [1.165, 1.54) is 0 Å². The van der Waals surface area contributed by atoms with Gasteiger partial charge in [0.1, 0.15) is 5.58 Å². The van der Waals surface area contributed by atoms with Crippen LogP contribution < -0.4 is 0 Å². The van der Waals surface area contributed by atoms with E-state index < -0.39 is 0 Å². The summed E-state index contributed by atoms with van der Waals surface area (Å²) < 4.78 is 5.35. The first-order valence-electron chi connectivity index (χ1n) is 6.58. The van der Waals surface area contributed by atoms with Crippen LogP contribution in [0.15, 0.2) is 53.1 Å². The second kappa shape index (κ2) is 3.97. The molecule has 0 radical (unpaired) electrons. The van der Waals surface area contributed by atoms with Crippen molar-refractivity contribution in [2.75, 3.05) is 7.05 Å². The van der Waals surface area contributed by atoms with Crippen molar-refractivity contribution in [2.45, 2.75) is 6.54 Å². The van der Waals surface area contributed by atoms with Gasteiger partial charge in [-0.15, -0.1) is 0 Å². The van der Waals surface area contributed by atoms with Gasteiger partial charge in [0.05, 0.1) is 6.26 Å². The highest BCUT2D eigenvalue weighted by Gasteiger charge is 2.24. The van der Waals surface area contributed by atoms with Crippen molar-refractivity contribution >= 4 is 16.9 Å². The Morgan fingerprint density at radius 1 is 1.05 bits per heavy atom. The summed E-state index contributed by atoms with van der Waals surface area (Å²) in [6.07, 6.45) is 1.69. The molecular weight excluding hydrogens is 250 g/mol. The molecule has 1 aromatic heterocycles. The Hall–Kier alpha value is -2.55. The predicted molar refractivity (Wildman–Crippen MR) is 77.4 cm³/mol. The maximum absolute atomic E-state index is 12.1. The van der Waals surface area contributed by atoms with E-state index in [0.29, 0.717) is 6.54 Å². The lowest BCUT2D eigenvalue weighted by molar-refractivity contribution is 0.0816. The molecule has 3 nitrogen and oxygen atoms in total. The minimum atomic E-state index is 0.103. The number of carbonyl (C=O) groups is 1. The number of nitrogens with zero attached hydrogens (tertiary/aromatic N) is 1. The molecule has 0 bridgehead atoms. The lowest BCUT2D eigenvalue weighted by Gasteiger charge is -2.05. The summed E-state index contributed by atoms with van der Waals surface area (Å²) in [5.74, 6) is 0.103. The Bertz CT molecular complexity index is 832. The monoisotopic (exact) mass is 263 g/mol. The van der Waals surface area contributed by atoms with Crippen LogP contribution >= 0.6 is 0 Å². The third-order valence-corrected chi connectivity index (χ3v) is 3.88. The van der Waals surface area contributed by atoms with Crippen molar-refractivity contribution in [1.82, 2.24) is 4.90 Å². The smallest absolute Gasteiger partial charge is 0.254 e. The molecule has 98 valence electrons. The van der Waals surface area contributed by atoms with E-state index >= 15 is 0 Å². The van der Waals surface area contributed by atoms with E-state index in [2.05, 4.69) is 12.1 Å². The normalized spacial score (nSPS) is 14.1. The van der Waals surface area contributed by atoms with Gasteiger partial charge >= 0.3 is 0 Å². The zero-order chi connectivity index (χ0) is 13.7. The maximum atomic E-state index is 12.1. The molecule has 0 saturated carbocycles. The molecule has 0 unspecified atom stereocenters. The number of furan rings is 1. The summed E-state index contributed by atoms with van der Waals surface area (Å²) in [4.78, 5) is 13.8. The molecule has 0 aliphatic carbocycles. The molecular formula is C17H13NO2. The molecule has 2 heterocycles. The Morgan fingerprint density at radius 3 is 2.75 bits per heavy atom. The highest BCUT2D eigenvalue weighted by atomic mass is 16.3. The first-order valence-corrected chi connectivity index (χ1v) is 6.58. The molecule has 2 aromatic carbocycles. The Balaban J connectivity index is 1.85. The average Bonchev–Trinajstić information content (AvgIpc) is 3.03. The quantitative estimate of drug-likeness (QED) is 0.671. The number of hydrogen-bond acceptors (Lipinski definition) is 2. The predicted octanol–water partition coefficient (Wildman–Crippen LogP) is 3.69. The van der Waals surface area contributed by atoms with Gasteiger partial charge in [-0.25, -0.2) is 0 Å². The van der Waals surface area contributed by atoms with Gasteiger partial charge in [-0.1, -0.05) is 18.2 Å². The second-order valence-corrected chi connectivity index (χ2v) is 5.21. The average molecular weight is 263 g/mol. The summed E-state index contributed by atoms with van der Waals surface area (Å²) in [5, 5.41) is 1.08. The van der Waals surface area contributed by atoms with Gasteiger partial charge in [0, 0.05) is 24.5 Å². The number of amides is 1. The number of hydrogen-bond donors (Lipinski definition) is 0. The fourth-order valence-electron chi connectivity index (χ4n) is 2.77. The van der Waals surface area contributed by atoms with Crippen LogP contribution in [-0.4, -0.2) is 17.9 Å². The third kappa shape index (κ3) is 1.56. The second-order valence-electron chi connectivity index (χ2n) is 5.21. The van der Waals surface area contributed by atoms with Crippen LogP contribution in [-0.2, 0) is 6.54 Å². The Labute approximate surface area is 116 Å². The SMILES string of the molecule is CN1Cc2ccc(-c3ccc4occc4c3)cc2C1=O. The minimum Gasteiger partial charge on any atom is -0.464 e. The van der Waals surface area contributed by atoms with Crippen LogP contribution in [0.3, 0.4) is 0 Å². The standard InChI is InChI=1S/C17H13NO2/c1-18-10-14-3-2-12(9-15(14)17(18)19)11-4-5-16-13(8-11)6-7-20-16/h2-9H,10H2,1H3. The summed E-state index contributed by atoms with van der Waals surface area (Å²) >= 11 is 0. The van der Waals surface area contributed by atoms with E-state index in [4.69, 9.17) is 4.42 Å². The minimum absolute atomic E-state index is 0.103. The van der Waals surface area contributed by atoms with E-state index in [1.54, 1.807) is 11.2 Å². The first kappa shape index (κ1) is 11.3. The van der Waals surface area contributed by atoms with Gasteiger partial charge in [-0.3, -0.25) is 4.79 Å². The number of benzene rings is 2. The molecule has 1 amide bonds. The van der Waals surface area contributed by atoms with Crippen LogP contribution in [0.5, 0.6) is 0 Å². The van der Waals surface area contributed by atoms with Gasteiger partial charge in [0.15, 0.2) is 0 Å². The zero-order valence-electron chi connectivity index (χ0n) is 11.1. The highest BCUT2D eigenvalue weighted by Crippen LogP contribution is 2.29. The zero-order valence-corrected chi connectivity index (χ0v) is 11.1. The lowest BCUT2D eigenvalue weighted by Crippen LogP contribution is -2.17. The van der Waals surface area contributed by atoms with Crippen molar-refractivity contribution in [3.05, 3.63) is 59.9 Å². The van der Waals surface area contributed by atoms with E-state index in [1.807, 2.05) is 37.4 Å². The van der Waals surface area contributed by atoms with Gasteiger partial charge in [-0.2, -0.15) is 0 Å². The van der Waals surface area contributed by atoms with Crippen molar-refractivity contribution in [3.63, 3.8) is 0 Å².